The highest BCUT2D eigenvalue weighted by atomic mass is 16.5. The van der Waals surface area contributed by atoms with Gasteiger partial charge in [-0.3, -0.25) is 4.79 Å². The van der Waals surface area contributed by atoms with Crippen molar-refractivity contribution in [3.8, 4) is 0 Å². The highest BCUT2D eigenvalue weighted by Crippen LogP contribution is 1.86. The largest absolute Gasteiger partial charge is 0.377 e. The number of ether oxygens (including phenoxy) is 1. The fraction of sp³-hybridized carbons (Fsp3) is 0.875. The fourth-order valence-corrected chi connectivity index (χ4v) is 0.824. The molecule has 0 aliphatic rings. The number of likely N-dealkylation sites (N-methyl/N-ethyl adjacent to an activating group) is 1. The van der Waals surface area contributed by atoms with E-state index in [9.17, 15) is 4.79 Å². The molecule has 2 N–H and O–H groups in total. The van der Waals surface area contributed by atoms with Gasteiger partial charge in [0.15, 0.2) is 0 Å². The van der Waals surface area contributed by atoms with Gasteiger partial charge in [-0.2, -0.15) is 0 Å². The molecule has 1 atom stereocenters. The van der Waals surface area contributed by atoms with Gasteiger partial charge in [0, 0.05) is 13.2 Å². The van der Waals surface area contributed by atoms with Crippen LogP contribution in [0, 0.1) is 0 Å². The van der Waals surface area contributed by atoms with Crippen LogP contribution in [-0.4, -0.2) is 38.8 Å². The Balaban J connectivity index is 3.33. The first-order chi connectivity index (χ1) is 5.70. The molecular formula is C8H18N2O2. The Bertz CT molecular complexity index is 128. The van der Waals surface area contributed by atoms with Crippen LogP contribution in [0.25, 0.3) is 0 Å². The summed E-state index contributed by atoms with van der Waals surface area (Å²) in [7, 11) is 1.74. The summed E-state index contributed by atoms with van der Waals surface area (Å²) in [6.45, 7) is 5.49. The number of carbonyl (C=O) groups excluding carboxylic acids is 1. The number of nitrogens with one attached hydrogen (secondary N) is 2. The van der Waals surface area contributed by atoms with Gasteiger partial charge in [0.1, 0.15) is 0 Å². The predicted molar refractivity (Wildman–Crippen MR) is 48.0 cm³/mol. The van der Waals surface area contributed by atoms with E-state index in [2.05, 4.69) is 10.6 Å². The zero-order chi connectivity index (χ0) is 9.40. The summed E-state index contributed by atoms with van der Waals surface area (Å²) in [4.78, 5) is 10.9. The van der Waals surface area contributed by atoms with Gasteiger partial charge in [0.05, 0.1) is 12.6 Å². The van der Waals surface area contributed by atoms with Gasteiger partial charge in [-0.05, 0) is 20.9 Å². The third kappa shape index (κ3) is 6.12. The molecule has 0 aliphatic carbocycles. The number of hydrogen-bond donors (Lipinski definition) is 2. The van der Waals surface area contributed by atoms with E-state index in [1.807, 2.05) is 13.8 Å². The Labute approximate surface area is 73.7 Å². The predicted octanol–water partition coefficient (Wildman–Crippen LogP) is -0.253. The van der Waals surface area contributed by atoms with Crippen molar-refractivity contribution in [3.63, 3.8) is 0 Å². The summed E-state index contributed by atoms with van der Waals surface area (Å²) in [5.74, 6) is 0.00375. The summed E-state index contributed by atoms with van der Waals surface area (Å²) in [5.41, 5.74) is 0. The van der Waals surface area contributed by atoms with Crippen LogP contribution in [0.1, 0.15) is 13.8 Å². The van der Waals surface area contributed by atoms with E-state index in [1.165, 1.54) is 0 Å². The van der Waals surface area contributed by atoms with Crippen LogP contribution in [0.5, 0.6) is 0 Å². The van der Waals surface area contributed by atoms with Crippen LogP contribution in [0.2, 0.25) is 0 Å². The third-order valence-corrected chi connectivity index (χ3v) is 1.38. The molecule has 0 rings (SSSR count). The van der Waals surface area contributed by atoms with Crippen molar-refractivity contribution in [2.75, 3.05) is 26.7 Å². The van der Waals surface area contributed by atoms with E-state index in [4.69, 9.17) is 4.74 Å². The Kier molecular flexibility index (Phi) is 6.70. The Morgan fingerprint density at radius 1 is 1.58 bits per heavy atom. The van der Waals surface area contributed by atoms with E-state index in [0.29, 0.717) is 19.7 Å². The number of carbonyl (C=O) groups is 1. The molecule has 0 saturated carbocycles. The highest BCUT2D eigenvalue weighted by molar-refractivity contribution is 5.77. The molecule has 4 nitrogen and oxygen atoms in total. The minimum Gasteiger partial charge on any atom is -0.377 e. The van der Waals surface area contributed by atoms with E-state index >= 15 is 0 Å². The van der Waals surface area contributed by atoms with E-state index in [1.54, 1.807) is 7.05 Å². The average molecular weight is 174 g/mol. The molecule has 4 heteroatoms. The molecule has 72 valence electrons. The molecule has 0 aromatic carbocycles. The van der Waals surface area contributed by atoms with Crippen molar-refractivity contribution in [2.45, 2.75) is 20.0 Å². The first kappa shape index (κ1) is 11.4. The summed E-state index contributed by atoms with van der Waals surface area (Å²) < 4.78 is 5.24. The van der Waals surface area contributed by atoms with Gasteiger partial charge in [-0.1, -0.05) is 0 Å². The molecule has 0 spiro atoms. The minimum absolute atomic E-state index is 0.00375. The van der Waals surface area contributed by atoms with Crippen LogP contribution in [0.15, 0.2) is 0 Å². The zero-order valence-corrected chi connectivity index (χ0v) is 8.02. The highest BCUT2D eigenvalue weighted by Gasteiger charge is 2.02. The second kappa shape index (κ2) is 7.06. The SMILES string of the molecule is CCOC(C)CNC(=O)CNC. The Hall–Kier alpha value is -0.610. The second-order valence-corrected chi connectivity index (χ2v) is 2.60. The molecule has 0 aromatic rings. The number of amides is 1. The van der Waals surface area contributed by atoms with Crippen molar-refractivity contribution in [1.29, 1.82) is 0 Å². The maximum atomic E-state index is 10.9. The fourth-order valence-electron chi connectivity index (χ4n) is 0.824. The molecule has 1 unspecified atom stereocenters. The summed E-state index contributed by atoms with van der Waals surface area (Å²) >= 11 is 0. The van der Waals surface area contributed by atoms with Crippen molar-refractivity contribution in [1.82, 2.24) is 10.6 Å². The Morgan fingerprint density at radius 2 is 2.25 bits per heavy atom. The quantitative estimate of drug-likeness (QED) is 0.583. The maximum absolute atomic E-state index is 10.9. The van der Waals surface area contributed by atoms with E-state index < -0.39 is 0 Å². The second-order valence-electron chi connectivity index (χ2n) is 2.60. The minimum atomic E-state index is 0.00375. The van der Waals surface area contributed by atoms with Crippen LogP contribution in [-0.2, 0) is 9.53 Å². The molecule has 0 radical (unpaired) electrons. The van der Waals surface area contributed by atoms with Gasteiger partial charge in [0.2, 0.25) is 5.91 Å². The average Bonchev–Trinajstić information content (AvgIpc) is 2.02. The van der Waals surface area contributed by atoms with E-state index in [0.717, 1.165) is 0 Å². The van der Waals surface area contributed by atoms with Crippen LogP contribution in [0.3, 0.4) is 0 Å². The first-order valence-corrected chi connectivity index (χ1v) is 4.23. The number of rotatable bonds is 6. The van der Waals surface area contributed by atoms with Crippen LogP contribution >= 0.6 is 0 Å². The maximum Gasteiger partial charge on any atom is 0.234 e. The van der Waals surface area contributed by atoms with Crippen molar-refractivity contribution >= 4 is 5.91 Å². The van der Waals surface area contributed by atoms with Gasteiger partial charge < -0.3 is 15.4 Å². The van der Waals surface area contributed by atoms with Crippen molar-refractivity contribution < 1.29 is 9.53 Å². The normalized spacial score (nSPS) is 12.6. The first-order valence-electron chi connectivity index (χ1n) is 4.23. The van der Waals surface area contributed by atoms with Crippen LogP contribution < -0.4 is 10.6 Å². The molecule has 1 amide bonds. The molecule has 0 aromatic heterocycles. The molecular weight excluding hydrogens is 156 g/mol. The summed E-state index contributed by atoms with van der Waals surface area (Å²) in [5, 5.41) is 5.51. The molecule has 0 fully saturated rings. The third-order valence-electron chi connectivity index (χ3n) is 1.38. The lowest BCUT2D eigenvalue weighted by molar-refractivity contribution is -0.120. The lowest BCUT2D eigenvalue weighted by Crippen LogP contribution is -2.37. The van der Waals surface area contributed by atoms with Gasteiger partial charge in [0.25, 0.3) is 0 Å². The lowest BCUT2D eigenvalue weighted by atomic mass is 10.4. The smallest absolute Gasteiger partial charge is 0.234 e. The molecule has 0 heterocycles. The molecule has 0 aliphatic heterocycles. The standard InChI is InChI=1S/C8H18N2O2/c1-4-12-7(2)5-10-8(11)6-9-3/h7,9H,4-6H2,1-3H3,(H,10,11). The van der Waals surface area contributed by atoms with Crippen molar-refractivity contribution in [3.05, 3.63) is 0 Å². The topological polar surface area (TPSA) is 50.4 Å². The summed E-state index contributed by atoms with van der Waals surface area (Å²) in [6, 6.07) is 0. The molecule has 12 heavy (non-hydrogen) atoms. The Morgan fingerprint density at radius 3 is 2.75 bits per heavy atom. The molecule has 0 bridgehead atoms. The molecule has 0 saturated heterocycles. The van der Waals surface area contributed by atoms with Crippen molar-refractivity contribution in [2.24, 2.45) is 0 Å². The lowest BCUT2D eigenvalue weighted by Gasteiger charge is -2.12. The van der Waals surface area contributed by atoms with Crippen LogP contribution in [0.4, 0.5) is 0 Å². The summed E-state index contributed by atoms with van der Waals surface area (Å²) in [6.07, 6.45) is 0.0933. The number of hydrogen-bond acceptors (Lipinski definition) is 3. The van der Waals surface area contributed by atoms with Gasteiger partial charge in [-0.25, -0.2) is 0 Å². The zero-order valence-electron chi connectivity index (χ0n) is 8.02. The van der Waals surface area contributed by atoms with Gasteiger partial charge in [-0.15, -0.1) is 0 Å². The van der Waals surface area contributed by atoms with Gasteiger partial charge >= 0.3 is 0 Å². The van der Waals surface area contributed by atoms with E-state index in [-0.39, 0.29) is 12.0 Å². The monoisotopic (exact) mass is 174 g/mol.